The van der Waals surface area contributed by atoms with Gasteiger partial charge in [-0.2, -0.15) is 0 Å². The lowest BCUT2D eigenvalue weighted by Gasteiger charge is -2.20. The summed E-state index contributed by atoms with van der Waals surface area (Å²) in [4.78, 5) is 49.6. The molecule has 1 aliphatic heterocycles. The molecule has 1 atom stereocenters. The summed E-state index contributed by atoms with van der Waals surface area (Å²) in [6.45, 7) is 2.75. The molecule has 0 saturated heterocycles. The number of carbonyl (C=O) groups is 4. The molecule has 0 radical (unpaired) electrons. The maximum atomic E-state index is 12.4. The summed E-state index contributed by atoms with van der Waals surface area (Å²) in [5.41, 5.74) is 0.745. The third kappa shape index (κ3) is 3.21. The summed E-state index contributed by atoms with van der Waals surface area (Å²) in [5, 5.41) is 0. The summed E-state index contributed by atoms with van der Waals surface area (Å²) >= 11 is 0. The van der Waals surface area contributed by atoms with Crippen LogP contribution in [-0.4, -0.2) is 41.8 Å². The molecule has 0 unspecified atom stereocenters. The Labute approximate surface area is 154 Å². The molecule has 0 fully saturated rings. The number of esters is 2. The molecule has 0 bridgehead atoms. The molecule has 1 aromatic carbocycles. The smallest absolute Gasteiger partial charge is 0.341 e. The van der Waals surface area contributed by atoms with E-state index in [2.05, 4.69) is 4.74 Å². The second-order valence-electron chi connectivity index (χ2n) is 5.98. The molecule has 1 aliphatic rings. The highest BCUT2D eigenvalue weighted by atomic mass is 16.5. The number of carbonyl (C=O) groups excluding carboxylic acids is 4. The van der Waals surface area contributed by atoms with E-state index in [0.717, 1.165) is 4.90 Å². The molecule has 0 saturated carbocycles. The van der Waals surface area contributed by atoms with Crippen LogP contribution in [0.3, 0.4) is 0 Å². The van der Waals surface area contributed by atoms with E-state index < -0.39 is 29.8 Å². The predicted molar refractivity (Wildman–Crippen MR) is 91.0 cm³/mol. The third-order valence-electron chi connectivity index (χ3n) is 4.28. The van der Waals surface area contributed by atoms with Crippen molar-refractivity contribution in [1.29, 1.82) is 0 Å². The van der Waals surface area contributed by atoms with Crippen LogP contribution in [0.2, 0.25) is 0 Å². The number of nitrogens with zero attached hydrogens (tertiary/aromatic N) is 1. The summed E-state index contributed by atoms with van der Waals surface area (Å²) in [7, 11) is 1.25. The molecule has 8 heteroatoms. The topological polar surface area (TPSA) is 103 Å². The van der Waals surface area contributed by atoms with Gasteiger partial charge in [0.1, 0.15) is 29.7 Å². The maximum absolute atomic E-state index is 12.4. The number of ether oxygens (including phenoxy) is 2. The monoisotopic (exact) mass is 371 g/mol. The number of fused-ring (bicyclic) bond motifs is 1. The molecule has 2 aromatic rings. The van der Waals surface area contributed by atoms with E-state index in [0.29, 0.717) is 5.76 Å². The highest BCUT2D eigenvalue weighted by molar-refractivity contribution is 6.22. The molecule has 8 nitrogen and oxygen atoms in total. The van der Waals surface area contributed by atoms with Crippen molar-refractivity contribution in [2.45, 2.75) is 26.5 Å². The zero-order chi connectivity index (χ0) is 19.7. The molecular weight excluding hydrogens is 354 g/mol. The molecule has 0 N–H and O–H groups in total. The van der Waals surface area contributed by atoms with Crippen LogP contribution in [0.5, 0.6) is 0 Å². The predicted octanol–water partition coefficient (Wildman–Crippen LogP) is 2.10. The van der Waals surface area contributed by atoms with E-state index in [1.165, 1.54) is 32.2 Å². The average Bonchev–Trinajstić information content (AvgIpc) is 3.16. The Morgan fingerprint density at radius 1 is 1.15 bits per heavy atom. The quantitative estimate of drug-likeness (QED) is 0.586. The number of benzene rings is 1. The fourth-order valence-corrected chi connectivity index (χ4v) is 2.86. The van der Waals surface area contributed by atoms with Crippen molar-refractivity contribution < 1.29 is 33.1 Å². The number of imide groups is 1. The van der Waals surface area contributed by atoms with E-state index in [9.17, 15) is 19.2 Å². The molecular formula is C19H17NO7. The zero-order valence-electron chi connectivity index (χ0n) is 15.0. The SMILES string of the molecule is COC(=O)c1cc(COC(=O)[C@@H](C)N2C(=O)c3ccccc3C2=O)oc1C. The van der Waals surface area contributed by atoms with Crippen molar-refractivity contribution in [2.24, 2.45) is 0 Å². The van der Waals surface area contributed by atoms with Crippen LogP contribution in [0.4, 0.5) is 0 Å². The molecule has 2 amide bonds. The Balaban J connectivity index is 1.68. The van der Waals surface area contributed by atoms with Crippen LogP contribution < -0.4 is 0 Å². The second kappa shape index (κ2) is 7.06. The second-order valence-corrected chi connectivity index (χ2v) is 5.98. The lowest BCUT2D eigenvalue weighted by atomic mass is 10.1. The number of amides is 2. The van der Waals surface area contributed by atoms with Gasteiger partial charge in [-0.05, 0) is 32.0 Å². The van der Waals surface area contributed by atoms with Crippen LogP contribution in [0.1, 0.15) is 49.5 Å². The van der Waals surface area contributed by atoms with Gasteiger partial charge in [-0.25, -0.2) is 9.59 Å². The van der Waals surface area contributed by atoms with Gasteiger partial charge in [0.15, 0.2) is 0 Å². The Morgan fingerprint density at radius 2 is 1.74 bits per heavy atom. The van der Waals surface area contributed by atoms with Crippen LogP contribution in [0, 0.1) is 6.92 Å². The number of hydrogen-bond donors (Lipinski definition) is 0. The van der Waals surface area contributed by atoms with Crippen molar-refractivity contribution in [2.75, 3.05) is 7.11 Å². The van der Waals surface area contributed by atoms with Gasteiger partial charge in [0.05, 0.1) is 18.2 Å². The Bertz CT molecular complexity index is 908. The number of methoxy groups -OCH3 is 1. The first-order chi connectivity index (χ1) is 12.8. The summed E-state index contributed by atoms with van der Waals surface area (Å²) in [5.74, 6) is -1.83. The highest BCUT2D eigenvalue weighted by Crippen LogP contribution is 2.25. The van der Waals surface area contributed by atoms with Gasteiger partial charge in [0, 0.05) is 0 Å². The Morgan fingerprint density at radius 3 is 2.30 bits per heavy atom. The molecule has 3 rings (SSSR count). The maximum Gasteiger partial charge on any atom is 0.341 e. The molecule has 2 heterocycles. The number of hydrogen-bond acceptors (Lipinski definition) is 7. The first kappa shape index (κ1) is 18.4. The zero-order valence-corrected chi connectivity index (χ0v) is 15.0. The van der Waals surface area contributed by atoms with Crippen molar-refractivity contribution in [1.82, 2.24) is 4.90 Å². The third-order valence-corrected chi connectivity index (χ3v) is 4.28. The van der Waals surface area contributed by atoms with E-state index in [-0.39, 0.29) is 29.1 Å². The average molecular weight is 371 g/mol. The van der Waals surface area contributed by atoms with Gasteiger partial charge >= 0.3 is 11.9 Å². The Hall–Kier alpha value is -3.42. The molecule has 0 spiro atoms. The van der Waals surface area contributed by atoms with Gasteiger partial charge in [-0.1, -0.05) is 12.1 Å². The van der Waals surface area contributed by atoms with Gasteiger partial charge in [0.25, 0.3) is 11.8 Å². The molecule has 27 heavy (non-hydrogen) atoms. The lowest BCUT2D eigenvalue weighted by Crippen LogP contribution is -2.43. The molecule has 140 valence electrons. The van der Waals surface area contributed by atoms with E-state index in [1.54, 1.807) is 19.1 Å². The van der Waals surface area contributed by atoms with Crippen molar-refractivity contribution in [3.8, 4) is 0 Å². The Kier molecular flexibility index (Phi) is 4.81. The van der Waals surface area contributed by atoms with Gasteiger partial charge in [-0.15, -0.1) is 0 Å². The summed E-state index contributed by atoms with van der Waals surface area (Å²) in [6, 6.07) is 6.68. The number of rotatable bonds is 5. The van der Waals surface area contributed by atoms with Gasteiger partial charge in [0.2, 0.25) is 0 Å². The number of furan rings is 1. The molecule has 1 aromatic heterocycles. The number of aryl methyl sites for hydroxylation is 1. The normalized spacial score (nSPS) is 14.1. The largest absolute Gasteiger partial charge is 0.465 e. The van der Waals surface area contributed by atoms with Crippen LogP contribution in [-0.2, 0) is 20.9 Å². The minimum atomic E-state index is -1.10. The van der Waals surface area contributed by atoms with Gasteiger partial charge < -0.3 is 13.9 Å². The standard InChI is InChI=1S/C19H17NO7/c1-10(20-16(21)13-6-4-5-7-14(13)17(20)22)18(23)26-9-12-8-15(11(2)27-12)19(24)25-3/h4-8,10H,9H2,1-3H3/t10-/m1/s1. The van der Waals surface area contributed by atoms with E-state index in [1.807, 2.05) is 0 Å². The first-order valence-corrected chi connectivity index (χ1v) is 8.16. The minimum absolute atomic E-state index is 0.233. The fraction of sp³-hybridized carbons (Fsp3) is 0.263. The highest BCUT2D eigenvalue weighted by Gasteiger charge is 2.41. The first-order valence-electron chi connectivity index (χ1n) is 8.16. The fourth-order valence-electron chi connectivity index (χ4n) is 2.86. The van der Waals surface area contributed by atoms with Crippen molar-refractivity contribution >= 4 is 23.8 Å². The van der Waals surface area contributed by atoms with E-state index in [4.69, 9.17) is 9.15 Å². The van der Waals surface area contributed by atoms with Gasteiger partial charge in [-0.3, -0.25) is 14.5 Å². The van der Waals surface area contributed by atoms with Crippen LogP contribution in [0.15, 0.2) is 34.7 Å². The molecule has 0 aliphatic carbocycles. The van der Waals surface area contributed by atoms with Crippen molar-refractivity contribution in [3.05, 3.63) is 58.5 Å². The van der Waals surface area contributed by atoms with Crippen molar-refractivity contribution in [3.63, 3.8) is 0 Å². The van der Waals surface area contributed by atoms with E-state index >= 15 is 0 Å². The lowest BCUT2D eigenvalue weighted by molar-refractivity contribution is -0.149. The minimum Gasteiger partial charge on any atom is -0.465 e. The van der Waals surface area contributed by atoms with Crippen LogP contribution in [0.25, 0.3) is 0 Å². The van der Waals surface area contributed by atoms with Crippen LogP contribution >= 0.6 is 0 Å². The summed E-state index contributed by atoms with van der Waals surface area (Å²) in [6.07, 6.45) is 0. The summed E-state index contributed by atoms with van der Waals surface area (Å²) < 4.78 is 15.1.